The van der Waals surface area contributed by atoms with Gasteiger partial charge in [0.1, 0.15) is 12.4 Å². The zero-order chi connectivity index (χ0) is 29.3. The summed E-state index contributed by atoms with van der Waals surface area (Å²) < 4.78 is 12.8. The zero-order valence-corrected chi connectivity index (χ0v) is 25.1. The molecule has 2 aromatic heterocycles. The Balaban J connectivity index is 1.66. The lowest BCUT2D eigenvalue weighted by Crippen LogP contribution is -2.29. The van der Waals surface area contributed by atoms with Gasteiger partial charge in [-0.25, -0.2) is 0 Å². The Hall–Kier alpha value is -3.92. The summed E-state index contributed by atoms with van der Waals surface area (Å²) in [6.07, 6.45) is 1.79. The molecular formula is C31H32ClN5O3S. The summed E-state index contributed by atoms with van der Waals surface area (Å²) in [6.45, 7) is 6.21. The van der Waals surface area contributed by atoms with Gasteiger partial charge in [0.05, 0.1) is 30.6 Å². The molecule has 0 saturated carbocycles. The van der Waals surface area contributed by atoms with Crippen LogP contribution in [0.25, 0.3) is 5.69 Å². The second kappa shape index (κ2) is 11.9. The summed E-state index contributed by atoms with van der Waals surface area (Å²) in [5, 5.41) is 7.63. The van der Waals surface area contributed by atoms with Crippen molar-refractivity contribution in [3.8, 4) is 11.4 Å². The van der Waals surface area contributed by atoms with Crippen LogP contribution in [0.15, 0.2) is 66.9 Å². The first-order valence-electron chi connectivity index (χ1n) is 13.2. The van der Waals surface area contributed by atoms with Gasteiger partial charge in [-0.3, -0.25) is 9.78 Å². The number of anilines is 2. The van der Waals surface area contributed by atoms with Crippen LogP contribution in [0.4, 0.5) is 11.4 Å². The average Bonchev–Trinajstić information content (AvgIpc) is 3.45. The quantitative estimate of drug-likeness (QED) is 0.236. The van der Waals surface area contributed by atoms with E-state index in [-0.39, 0.29) is 24.6 Å². The van der Waals surface area contributed by atoms with Crippen LogP contribution >= 0.6 is 23.8 Å². The molecule has 0 spiro atoms. The number of halogens is 1. The van der Waals surface area contributed by atoms with Gasteiger partial charge in [0.2, 0.25) is 5.91 Å². The number of aromatic nitrogens is 2. The van der Waals surface area contributed by atoms with E-state index in [4.69, 9.17) is 33.3 Å². The van der Waals surface area contributed by atoms with Crippen molar-refractivity contribution >= 4 is 46.2 Å². The van der Waals surface area contributed by atoms with Crippen molar-refractivity contribution in [2.75, 3.05) is 31.0 Å². The van der Waals surface area contributed by atoms with Gasteiger partial charge in [-0.2, -0.15) is 0 Å². The molecule has 5 rings (SSSR count). The van der Waals surface area contributed by atoms with E-state index >= 15 is 0 Å². The van der Waals surface area contributed by atoms with Gasteiger partial charge in [-0.15, -0.1) is 0 Å². The predicted octanol–water partition coefficient (Wildman–Crippen LogP) is 6.22. The van der Waals surface area contributed by atoms with E-state index in [1.807, 2.05) is 54.6 Å². The van der Waals surface area contributed by atoms with E-state index < -0.39 is 0 Å². The zero-order valence-electron chi connectivity index (χ0n) is 23.6. The molecule has 0 unspecified atom stereocenters. The van der Waals surface area contributed by atoms with Gasteiger partial charge in [-0.05, 0) is 92.6 Å². The van der Waals surface area contributed by atoms with Crippen molar-refractivity contribution in [1.82, 2.24) is 14.9 Å². The molecule has 4 aromatic rings. The van der Waals surface area contributed by atoms with E-state index in [1.54, 1.807) is 13.3 Å². The summed E-state index contributed by atoms with van der Waals surface area (Å²) in [4.78, 5) is 19.2. The van der Waals surface area contributed by atoms with Crippen LogP contribution in [0.2, 0.25) is 5.02 Å². The monoisotopic (exact) mass is 589 g/mol. The summed E-state index contributed by atoms with van der Waals surface area (Å²) in [5.74, 6) is 0.247. The molecule has 1 amide bonds. The van der Waals surface area contributed by atoms with E-state index in [1.165, 1.54) is 7.11 Å². The molecule has 2 aromatic carbocycles. The number of carbonyl (C=O) groups excluding carboxylic acids is 1. The molecule has 0 aliphatic carbocycles. The minimum Gasteiger partial charge on any atom is -0.495 e. The number of benzene rings is 2. The molecule has 1 fully saturated rings. The maximum Gasteiger partial charge on any atom is 0.250 e. The summed E-state index contributed by atoms with van der Waals surface area (Å²) >= 11 is 12.4. The smallest absolute Gasteiger partial charge is 0.250 e. The van der Waals surface area contributed by atoms with E-state index in [2.05, 4.69) is 51.9 Å². The highest BCUT2D eigenvalue weighted by molar-refractivity contribution is 7.80. The standard InChI is InChI=1S/C31H32ClN5O3S/c1-18-9-10-21(32)15-26(18)36-19(2)14-23(20(36)3)30-29(24-8-6-7-13-33-24)35-31(41)37(30)22-11-12-27(40-5)25(16-22)34-28(38)17-39-4/h6-16,29-30H,17H2,1-5H3,(H,34,38)(H,35,41)/t29-,30+/m1/s1. The number of ether oxygens (including phenoxy) is 2. The molecule has 0 bridgehead atoms. The number of hydrogen-bond donors (Lipinski definition) is 2. The highest BCUT2D eigenvalue weighted by atomic mass is 35.5. The van der Waals surface area contributed by atoms with E-state index in [0.717, 1.165) is 39.6 Å². The fourth-order valence-corrected chi connectivity index (χ4v) is 6.00. The van der Waals surface area contributed by atoms with Crippen molar-refractivity contribution < 1.29 is 14.3 Å². The van der Waals surface area contributed by atoms with Gasteiger partial charge in [0, 0.05) is 41.1 Å². The molecule has 0 radical (unpaired) electrons. The number of pyridine rings is 1. The molecule has 8 nitrogen and oxygen atoms in total. The van der Waals surface area contributed by atoms with Gasteiger partial charge in [-0.1, -0.05) is 23.7 Å². The van der Waals surface area contributed by atoms with Gasteiger partial charge >= 0.3 is 0 Å². The minimum absolute atomic E-state index is 0.0731. The highest BCUT2D eigenvalue weighted by Crippen LogP contribution is 2.45. The molecule has 2 atom stereocenters. The number of amides is 1. The number of methoxy groups -OCH3 is 2. The molecule has 1 aliphatic heterocycles. The molecular weight excluding hydrogens is 558 g/mol. The number of thiocarbonyl (C=S) groups is 1. The summed E-state index contributed by atoms with van der Waals surface area (Å²) in [6, 6.07) is 19.2. The number of rotatable bonds is 8. The Kier molecular flexibility index (Phi) is 8.30. The second-order valence-electron chi connectivity index (χ2n) is 9.96. The number of nitrogens with zero attached hydrogens (tertiary/aromatic N) is 3. The van der Waals surface area contributed by atoms with Crippen LogP contribution < -0.4 is 20.3 Å². The maximum atomic E-state index is 12.4. The van der Waals surface area contributed by atoms with Crippen LogP contribution in [0.5, 0.6) is 5.75 Å². The third-order valence-corrected chi connectivity index (χ3v) is 7.86. The van der Waals surface area contributed by atoms with Gasteiger partial charge in [0.15, 0.2) is 5.11 Å². The summed E-state index contributed by atoms with van der Waals surface area (Å²) in [5.41, 5.74) is 7.56. The van der Waals surface area contributed by atoms with Crippen molar-refractivity contribution in [1.29, 1.82) is 0 Å². The second-order valence-corrected chi connectivity index (χ2v) is 10.8. The van der Waals surface area contributed by atoms with Gasteiger partial charge < -0.3 is 29.6 Å². The first-order valence-corrected chi connectivity index (χ1v) is 13.9. The molecule has 1 aliphatic rings. The lowest BCUT2D eigenvalue weighted by Gasteiger charge is -2.29. The van der Waals surface area contributed by atoms with Crippen molar-refractivity contribution in [3.05, 3.63) is 100 Å². The Morgan fingerprint density at radius 1 is 1.10 bits per heavy atom. The third kappa shape index (κ3) is 5.53. The van der Waals surface area contributed by atoms with E-state index in [0.29, 0.717) is 21.6 Å². The Bertz CT molecular complexity index is 1610. The van der Waals surface area contributed by atoms with Crippen molar-refractivity contribution in [3.63, 3.8) is 0 Å². The normalized spacial score (nSPS) is 16.5. The fraction of sp³-hybridized carbons (Fsp3) is 0.258. The highest BCUT2D eigenvalue weighted by Gasteiger charge is 2.42. The van der Waals surface area contributed by atoms with Crippen LogP contribution in [-0.4, -0.2) is 41.4 Å². The number of aryl methyl sites for hydroxylation is 2. The SMILES string of the molecule is COCC(=O)Nc1cc(N2C(=S)N[C@H](c3ccccn3)[C@@H]2c2cc(C)n(-c3cc(Cl)ccc3C)c2C)ccc1OC. The van der Waals surface area contributed by atoms with Crippen molar-refractivity contribution in [2.45, 2.75) is 32.9 Å². The molecule has 1 saturated heterocycles. The van der Waals surface area contributed by atoms with Crippen LogP contribution in [0.3, 0.4) is 0 Å². The Labute approximate surface area is 250 Å². The fourth-order valence-electron chi connectivity index (χ4n) is 5.49. The largest absolute Gasteiger partial charge is 0.495 e. The first kappa shape index (κ1) is 28.6. The Morgan fingerprint density at radius 2 is 1.90 bits per heavy atom. The number of nitrogens with one attached hydrogen (secondary N) is 2. The average molecular weight is 590 g/mol. The van der Waals surface area contributed by atoms with E-state index in [9.17, 15) is 4.79 Å². The summed E-state index contributed by atoms with van der Waals surface area (Å²) in [7, 11) is 3.04. The number of hydrogen-bond acceptors (Lipinski definition) is 5. The number of carbonyl (C=O) groups is 1. The van der Waals surface area contributed by atoms with Crippen molar-refractivity contribution in [2.24, 2.45) is 0 Å². The molecule has 2 N–H and O–H groups in total. The molecule has 212 valence electrons. The minimum atomic E-state index is -0.284. The lowest BCUT2D eigenvalue weighted by molar-refractivity contribution is -0.119. The van der Waals surface area contributed by atoms with Crippen LogP contribution in [0.1, 0.15) is 40.3 Å². The van der Waals surface area contributed by atoms with Crippen LogP contribution in [0, 0.1) is 20.8 Å². The topological polar surface area (TPSA) is 80.7 Å². The Morgan fingerprint density at radius 3 is 2.61 bits per heavy atom. The molecule has 3 heterocycles. The predicted molar refractivity (Wildman–Crippen MR) is 166 cm³/mol. The lowest BCUT2D eigenvalue weighted by atomic mass is 9.96. The van der Waals surface area contributed by atoms with Crippen LogP contribution in [-0.2, 0) is 9.53 Å². The molecule has 41 heavy (non-hydrogen) atoms. The maximum absolute atomic E-state index is 12.4. The first-order chi connectivity index (χ1) is 19.7. The molecule has 10 heteroatoms. The van der Waals surface area contributed by atoms with Gasteiger partial charge in [0.25, 0.3) is 0 Å². The third-order valence-electron chi connectivity index (χ3n) is 7.31.